The van der Waals surface area contributed by atoms with Crippen molar-refractivity contribution in [3.8, 4) is 12.1 Å². The molecule has 1 aromatic carbocycles. The maximum Gasteiger partial charge on any atom is 0.293 e. The molecule has 1 aliphatic carbocycles. The molecule has 0 bridgehead atoms. The Balaban J connectivity index is 2.12. The smallest absolute Gasteiger partial charge is 0.293 e. The maximum atomic E-state index is 10.3. The molecule has 6 heteroatoms. The van der Waals surface area contributed by atoms with Crippen LogP contribution in [0.25, 0.3) is 0 Å². The molecule has 3 atom stereocenters. The molecule has 2 N–H and O–H groups in total. The van der Waals surface area contributed by atoms with Crippen LogP contribution in [0.5, 0.6) is 0 Å². The molecule has 1 saturated carbocycles. The summed E-state index contributed by atoms with van der Waals surface area (Å²) in [6, 6.07) is 12.8. The minimum absolute atomic E-state index is 0.0104. The highest BCUT2D eigenvalue weighted by Gasteiger charge is 2.93. The second kappa shape index (κ2) is 7.13. The number of benzene rings is 1. The van der Waals surface area contributed by atoms with Gasteiger partial charge in [0.25, 0.3) is 5.91 Å². The Morgan fingerprint density at radius 1 is 1.03 bits per heavy atom. The first-order valence-corrected chi connectivity index (χ1v) is 10.3. The Labute approximate surface area is 173 Å². The molecule has 0 saturated heterocycles. The van der Waals surface area contributed by atoms with Crippen molar-refractivity contribution < 1.29 is 9.47 Å². The zero-order valence-electron chi connectivity index (χ0n) is 18.0. The van der Waals surface area contributed by atoms with Gasteiger partial charge >= 0.3 is 0 Å². The van der Waals surface area contributed by atoms with Crippen LogP contribution >= 0.6 is 0 Å². The Hall–Kier alpha value is -2.41. The van der Waals surface area contributed by atoms with Gasteiger partial charge in [-0.15, -0.1) is 0 Å². The minimum atomic E-state index is -1.55. The van der Waals surface area contributed by atoms with Gasteiger partial charge in [0.15, 0.2) is 5.41 Å². The molecule has 3 unspecified atom stereocenters. The van der Waals surface area contributed by atoms with Gasteiger partial charge in [0.05, 0.1) is 25.4 Å². The molecule has 1 aromatic rings. The number of nitriles is 2. The van der Waals surface area contributed by atoms with Crippen LogP contribution < -0.4 is 5.73 Å². The fourth-order valence-electron chi connectivity index (χ4n) is 4.51. The van der Waals surface area contributed by atoms with E-state index in [1.54, 1.807) is 0 Å². The first-order chi connectivity index (χ1) is 13.7. The molecule has 154 valence electrons. The van der Waals surface area contributed by atoms with Crippen molar-refractivity contribution in [1.82, 2.24) is 0 Å². The zero-order valence-corrected chi connectivity index (χ0v) is 18.0. The van der Waals surface area contributed by atoms with Crippen molar-refractivity contribution >= 4 is 5.84 Å². The van der Waals surface area contributed by atoms with E-state index in [9.17, 15) is 10.5 Å². The highest BCUT2D eigenvalue weighted by Crippen LogP contribution is 2.82. The Morgan fingerprint density at radius 2 is 1.59 bits per heavy atom. The number of hydrogen-bond donors (Lipinski definition) is 1. The minimum Gasteiger partial charge on any atom is -0.386 e. The lowest BCUT2D eigenvalue weighted by atomic mass is 9.86. The van der Waals surface area contributed by atoms with Crippen molar-refractivity contribution in [1.29, 1.82) is 10.5 Å². The molecular formula is C23H30N4O2. The molecule has 0 amide bonds. The van der Waals surface area contributed by atoms with E-state index in [1.807, 2.05) is 38.1 Å². The van der Waals surface area contributed by atoms with Crippen LogP contribution in [0, 0.1) is 33.5 Å². The van der Waals surface area contributed by atoms with Gasteiger partial charge in [-0.1, -0.05) is 58.9 Å². The zero-order chi connectivity index (χ0) is 21.5. The van der Waals surface area contributed by atoms with Gasteiger partial charge in [0.2, 0.25) is 0 Å². The normalized spacial score (nSPS) is 29.5. The third kappa shape index (κ3) is 2.70. The summed E-state index contributed by atoms with van der Waals surface area (Å²) >= 11 is 0. The Bertz CT molecular complexity index is 879. The van der Waals surface area contributed by atoms with Crippen molar-refractivity contribution in [2.45, 2.75) is 64.7 Å². The standard InChI is InChI=1S/C23H30N4O2/c1-6-12-28-23(29-13-7-2)22(15-25)18(21(22,14-24)19(26)27-23)16-8-10-17(11-9-16)20(3,4)5/h8-11,18H,6-7,12-13H2,1-5H3,(H2,26,27). The SMILES string of the molecule is CCCOC1(OCCC)N=C(N)C2(C#N)C(c3ccc(C(C)(C)C)cc3)C12C#N. The monoisotopic (exact) mass is 394 g/mol. The van der Waals surface area contributed by atoms with E-state index >= 15 is 0 Å². The lowest BCUT2D eigenvalue weighted by molar-refractivity contribution is -0.259. The molecule has 1 aliphatic heterocycles. The van der Waals surface area contributed by atoms with Gasteiger partial charge in [0, 0.05) is 5.92 Å². The van der Waals surface area contributed by atoms with Crippen molar-refractivity contribution in [2.24, 2.45) is 21.6 Å². The van der Waals surface area contributed by atoms with Gasteiger partial charge in [-0.25, -0.2) is 4.99 Å². The number of amidine groups is 1. The number of hydrogen-bond acceptors (Lipinski definition) is 6. The summed E-state index contributed by atoms with van der Waals surface area (Å²) in [5.41, 5.74) is 5.82. The van der Waals surface area contributed by atoms with Crippen molar-refractivity contribution in [2.75, 3.05) is 13.2 Å². The second-order valence-corrected chi connectivity index (χ2v) is 8.92. The first kappa shape index (κ1) is 21.3. The number of nitrogens with zero attached hydrogens (tertiary/aromatic N) is 3. The van der Waals surface area contributed by atoms with Gasteiger partial charge in [-0.05, 0) is 29.4 Å². The molecular weight excluding hydrogens is 364 g/mol. The fourth-order valence-corrected chi connectivity index (χ4v) is 4.51. The highest BCUT2D eigenvalue weighted by molar-refractivity contribution is 6.00. The Kier molecular flexibility index (Phi) is 5.24. The highest BCUT2D eigenvalue weighted by atomic mass is 16.7. The van der Waals surface area contributed by atoms with Crippen LogP contribution in [-0.2, 0) is 14.9 Å². The summed E-state index contributed by atoms with van der Waals surface area (Å²) in [6.45, 7) is 11.1. The van der Waals surface area contributed by atoms with E-state index in [-0.39, 0.29) is 11.3 Å². The van der Waals surface area contributed by atoms with E-state index in [0.717, 1.165) is 18.4 Å². The second-order valence-electron chi connectivity index (χ2n) is 8.92. The third-order valence-corrected chi connectivity index (χ3v) is 6.04. The quantitative estimate of drug-likeness (QED) is 0.704. The van der Waals surface area contributed by atoms with Crippen LogP contribution in [0.4, 0.5) is 0 Å². The largest absolute Gasteiger partial charge is 0.386 e. The average Bonchev–Trinajstić information content (AvgIpc) is 3.28. The van der Waals surface area contributed by atoms with Crippen molar-refractivity contribution in [3.63, 3.8) is 0 Å². The summed E-state index contributed by atoms with van der Waals surface area (Å²) in [6.07, 6.45) is 1.47. The van der Waals surface area contributed by atoms with Gasteiger partial charge in [0.1, 0.15) is 11.3 Å². The third-order valence-electron chi connectivity index (χ3n) is 6.04. The van der Waals surface area contributed by atoms with Crippen LogP contribution in [0.1, 0.15) is 64.5 Å². The average molecular weight is 395 g/mol. The predicted octanol–water partition coefficient (Wildman–Crippen LogP) is 3.98. The summed E-state index contributed by atoms with van der Waals surface area (Å²) < 4.78 is 12.1. The topological polar surface area (TPSA) is 104 Å². The maximum absolute atomic E-state index is 10.3. The van der Waals surface area contributed by atoms with Crippen molar-refractivity contribution in [3.05, 3.63) is 35.4 Å². The summed E-state index contributed by atoms with van der Waals surface area (Å²) in [5.74, 6) is -1.88. The van der Waals surface area contributed by atoms with Crippen LogP contribution in [0.2, 0.25) is 0 Å². The molecule has 6 nitrogen and oxygen atoms in total. The van der Waals surface area contributed by atoms with Crippen LogP contribution in [-0.4, -0.2) is 25.0 Å². The number of fused-ring (bicyclic) bond motifs is 1. The molecule has 29 heavy (non-hydrogen) atoms. The number of nitrogens with two attached hydrogens (primary N) is 1. The van der Waals surface area contributed by atoms with Gasteiger partial charge in [-0.3, -0.25) is 0 Å². The van der Waals surface area contributed by atoms with Gasteiger partial charge < -0.3 is 15.2 Å². The van der Waals surface area contributed by atoms with Crippen LogP contribution in [0.3, 0.4) is 0 Å². The predicted molar refractivity (Wildman–Crippen MR) is 111 cm³/mol. The number of aliphatic imine (C=N–C) groups is 1. The number of rotatable bonds is 7. The summed E-state index contributed by atoms with van der Waals surface area (Å²) in [4.78, 5) is 4.45. The lowest BCUT2D eigenvalue weighted by Gasteiger charge is -2.32. The summed E-state index contributed by atoms with van der Waals surface area (Å²) in [7, 11) is 0. The fraction of sp³-hybridized carbons (Fsp3) is 0.609. The van der Waals surface area contributed by atoms with Gasteiger partial charge in [-0.2, -0.15) is 10.5 Å². The first-order valence-electron chi connectivity index (χ1n) is 10.3. The Morgan fingerprint density at radius 3 is 2.00 bits per heavy atom. The molecule has 0 spiro atoms. The molecule has 1 fully saturated rings. The molecule has 0 aromatic heterocycles. The summed E-state index contributed by atoms with van der Waals surface area (Å²) in [5, 5.41) is 20.5. The number of ether oxygens (including phenoxy) is 2. The van der Waals surface area contributed by atoms with E-state index in [1.165, 1.54) is 5.56 Å². The van der Waals surface area contributed by atoms with E-state index in [2.05, 4.69) is 37.9 Å². The molecule has 1 heterocycles. The lowest BCUT2D eigenvalue weighted by Crippen LogP contribution is -2.44. The van der Waals surface area contributed by atoms with E-state index in [0.29, 0.717) is 13.2 Å². The molecule has 0 radical (unpaired) electrons. The van der Waals surface area contributed by atoms with E-state index in [4.69, 9.17) is 15.2 Å². The molecule has 2 aliphatic rings. The molecule has 3 rings (SSSR count). The van der Waals surface area contributed by atoms with E-state index < -0.39 is 22.7 Å². The van der Waals surface area contributed by atoms with Crippen LogP contribution in [0.15, 0.2) is 29.3 Å².